The van der Waals surface area contributed by atoms with Gasteiger partial charge in [0, 0.05) is 0 Å². The molecular weight excluding hydrogens is 507 g/mol. The van der Waals surface area contributed by atoms with Crippen LogP contribution < -0.4 is 14.5 Å². The van der Waals surface area contributed by atoms with Crippen molar-refractivity contribution in [2.24, 2.45) is 5.10 Å². The number of anilines is 1. The Bertz CT molecular complexity index is 1310. The van der Waals surface area contributed by atoms with Gasteiger partial charge in [0.2, 0.25) is 0 Å². The first kappa shape index (κ1) is 27.7. The Labute approximate surface area is 213 Å². The van der Waals surface area contributed by atoms with Gasteiger partial charge in [-0.05, 0) is 66.6 Å². The zero-order valence-electron chi connectivity index (χ0n) is 20.0. The van der Waals surface area contributed by atoms with Crippen LogP contribution in [0, 0.1) is 0 Å². The van der Waals surface area contributed by atoms with Gasteiger partial charge < -0.3 is 4.74 Å². The van der Waals surface area contributed by atoms with Gasteiger partial charge >= 0.3 is 6.18 Å². The number of amides is 1. The van der Waals surface area contributed by atoms with Crippen LogP contribution in [-0.2, 0) is 21.0 Å². The lowest BCUT2D eigenvalue weighted by atomic mass is 10.2. The van der Waals surface area contributed by atoms with Gasteiger partial charge in [0.1, 0.15) is 12.3 Å². The maximum absolute atomic E-state index is 13.3. The number of carbonyl (C=O) groups is 1. The average Bonchev–Trinajstić information content (AvgIpc) is 2.88. The quantitative estimate of drug-likeness (QED) is 0.208. The minimum absolute atomic E-state index is 0.176. The summed E-state index contributed by atoms with van der Waals surface area (Å²) in [6.07, 6.45) is -1.38. The minimum atomic E-state index is -4.69. The van der Waals surface area contributed by atoms with Gasteiger partial charge in [-0.3, -0.25) is 9.10 Å². The molecule has 3 aromatic rings. The van der Waals surface area contributed by atoms with Gasteiger partial charge in [-0.2, -0.15) is 18.3 Å². The topological polar surface area (TPSA) is 88.1 Å². The number of sulfonamides is 1. The van der Waals surface area contributed by atoms with Crippen LogP contribution in [0.5, 0.6) is 5.75 Å². The molecule has 0 radical (unpaired) electrons. The summed E-state index contributed by atoms with van der Waals surface area (Å²) in [6.45, 7) is 1.88. The van der Waals surface area contributed by atoms with Crippen molar-refractivity contribution in [3.05, 3.63) is 90.0 Å². The Morgan fingerprint density at radius 1 is 1.03 bits per heavy atom. The second-order valence-corrected chi connectivity index (χ2v) is 9.80. The maximum atomic E-state index is 13.3. The highest BCUT2D eigenvalue weighted by atomic mass is 32.2. The Morgan fingerprint density at radius 2 is 1.73 bits per heavy atom. The first-order valence-electron chi connectivity index (χ1n) is 11.4. The molecule has 0 aliphatic carbocycles. The second kappa shape index (κ2) is 12.4. The summed E-state index contributed by atoms with van der Waals surface area (Å²) in [5, 5.41) is 3.84. The SMILES string of the molecule is CCCCOc1ccc(/C=N\NC(=O)CN(c2cccc(C(F)(F)F)c2)S(=O)(=O)c2ccccc2)cc1. The number of carbonyl (C=O) groups excluding carboxylic acids is 1. The molecule has 37 heavy (non-hydrogen) atoms. The highest BCUT2D eigenvalue weighted by Gasteiger charge is 2.33. The Balaban J connectivity index is 1.77. The molecule has 1 amide bonds. The fourth-order valence-corrected chi connectivity index (χ4v) is 4.64. The highest BCUT2D eigenvalue weighted by molar-refractivity contribution is 7.92. The number of alkyl halides is 3. The minimum Gasteiger partial charge on any atom is -0.494 e. The number of benzene rings is 3. The van der Waals surface area contributed by atoms with Crippen LogP contribution >= 0.6 is 0 Å². The predicted octanol–water partition coefficient (Wildman–Crippen LogP) is 5.23. The van der Waals surface area contributed by atoms with Crippen molar-refractivity contribution in [1.82, 2.24) is 5.43 Å². The third-order valence-electron chi connectivity index (χ3n) is 5.13. The van der Waals surface area contributed by atoms with Crippen LogP contribution in [0.25, 0.3) is 0 Å². The van der Waals surface area contributed by atoms with Crippen LogP contribution in [0.3, 0.4) is 0 Å². The summed E-state index contributed by atoms with van der Waals surface area (Å²) in [6, 6.07) is 17.9. The predicted molar refractivity (Wildman–Crippen MR) is 135 cm³/mol. The third kappa shape index (κ3) is 7.81. The molecule has 0 unspecified atom stereocenters. The third-order valence-corrected chi connectivity index (χ3v) is 6.92. The first-order valence-corrected chi connectivity index (χ1v) is 12.8. The molecular formula is C26H26F3N3O4S. The van der Waals surface area contributed by atoms with E-state index < -0.39 is 34.2 Å². The number of hydrazone groups is 1. The van der Waals surface area contributed by atoms with Gasteiger partial charge in [-0.15, -0.1) is 0 Å². The zero-order valence-corrected chi connectivity index (χ0v) is 20.8. The molecule has 0 aromatic heterocycles. The summed E-state index contributed by atoms with van der Waals surface area (Å²) in [5.74, 6) is -0.148. The van der Waals surface area contributed by atoms with E-state index in [2.05, 4.69) is 17.5 Å². The molecule has 0 saturated carbocycles. The van der Waals surface area contributed by atoms with E-state index in [4.69, 9.17) is 4.74 Å². The number of hydrogen-bond acceptors (Lipinski definition) is 5. The smallest absolute Gasteiger partial charge is 0.416 e. The number of nitrogens with zero attached hydrogens (tertiary/aromatic N) is 2. The molecule has 3 aromatic carbocycles. The van der Waals surface area contributed by atoms with Crippen LogP contribution in [0.1, 0.15) is 30.9 Å². The molecule has 0 aliphatic rings. The molecule has 0 atom stereocenters. The van der Waals surface area contributed by atoms with Crippen LogP contribution in [-0.4, -0.2) is 33.7 Å². The van der Waals surface area contributed by atoms with Crippen LogP contribution in [0.15, 0.2) is 88.9 Å². The largest absolute Gasteiger partial charge is 0.494 e. The van der Waals surface area contributed by atoms with Gasteiger partial charge in [-0.1, -0.05) is 37.6 Å². The van der Waals surface area contributed by atoms with Crippen molar-refractivity contribution in [3.63, 3.8) is 0 Å². The van der Waals surface area contributed by atoms with Crippen molar-refractivity contribution >= 4 is 27.8 Å². The van der Waals surface area contributed by atoms with Gasteiger partial charge in [-0.25, -0.2) is 13.8 Å². The number of nitrogens with one attached hydrogen (secondary N) is 1. The van der Waals surface area contributed by atoms with Crippen molar-refractivity contribution in [1.29, 1.82) is 0 Å². The number of rotatable bonds is 11. The van der Waals surface area contributed by atoms with Crippen molar-refractivity contribution in [2.45, 2.75) is 30.8 Å². The first-order chi connectivity index (χ1) is 17.6. The van der Waals surface area contributed by atoms with E-state index in [0.29, 0.717) is 28.3 Å². The standard InChI is InChI=1S/C26H26F3N3O4S/c1-2-3-16-36-23-14-12-20(13-15-23)18-30-31-25(33)19-32(37(34,35)24-10-5-4-6-11-24)22-9-7-8-21(17-22)26(27,28)29/h4-15,17-18H,2-3,16,19H2,1H3,(H,31,33)/b30-18-. The number of ether oxygens (including phenoxy) is 1. The summed E-state index contributed by atoms with van der Waals surface area (Å²) in [5.41, 5.74) is 1.52. The molecule has 0 heterocycles. The normalized spacial score (nSPS) is 11.9. The Kier molecular flexibility index (Phi) is 9.29. The summed E-state index contributed by atoms with van der Waals surface area (Å²) < 4.78 is 72.5. The molecule has 1 N–H and O–H groups in total. The van der Waals surface area contributed by atoms with Gasteiger partial charge in [0.25, 0.3) is 15.9 Å². The monoisotopic (exact) mass is 533 g/mol. The van der Waals surface area contributed by atoms with E-state index in [1.54, 1.807) is 30.3 Å². The summed E-state index contributed by atoms with van der Waals surface area (Å²) in [7, 11) is -4.36. The van der Waals surface area contributed by atoms with Gasteiger partial charge in [0.05, 0.1) is 29.0 Å². The fraction of sp³-hybridized carbons (Fsp3) is 0.231. The van der Waals surface area contributed by atoms with Gasteiger partial charge in [0.15, 0.2) is 0 Å². The molecule has 0 spiro atoms. The molecule has 0 aliphatic heterocycles. The summed E-state index contributed by atoms with van der Waals surface area (Å²) in [4.78, 5) is 12.4. The molecule has 7 nitrogen and oxygen atoms in total. The van der Waals surface area contributed by atoms with Crippen molar-refractivity contribution < 1.29 is 31.1 Å². The van der Waals surface area contributed by atoms with E-state index >= 15 is 0 Å². The van der Waals surface area contributed by atoms with E-state index in [1.165, 1.54) is 36.5 Å². The van der Waals surface area contributed by atoms with Crippen LogP contribution in [0.2, 0.25) is 0 Å². The molecule has 0 bridgehead atoms. The Morgan fingerprint density at radius 3 is 2.38 bits per heavy atom. The Hall–Kier alpha value is -3.86. The molecule has 196 valence electrons. The van der Waals surface area contributed by atoms with Crippen molar-refractivity contribution in [3.8, 4) is 5.75 Å². The maximum Gasteiger partial charge on any atom is 0.416 e. The molecule has 3 rings (SSSR count). The fourth-order valence-electron chi connectivity index (χ4n) is 3.20. The summed E-state index contributed by atoms with van der Waals surface area (Å²) >= 11 is 0. The lowest BCUT2D eigenvalue weighted by molar-refractivity contribution is -0.137. The van der Waals surface area contributed by atoms with E-state index in [1.807, 2.05) is 0 Å². The highest BCUT2D eigenvalue weighted by Crippen LogP contribution is 2.33. The lowest BCUT2D eigenvalue weighted by Gasteiger charge is -2.24. The number of hydrogen-bond donors (Lipinski definition) is 1. The van der Waals surface area contributed by atoms with E-state index in [0.717, 1.165) is 25.0 Å². The molecule has 11 heteroatoms. The van der Waals surface area contributed by atoms with Crippen molar-refractivity contribution in [2.75, 3.05) is 17.5 Å². The van der Waals surface area contributed by atoms with Crippen LogP contribution in [0.4, 0.5) is 18.9 Å². The molecule has 0 saturated heterocycles. The number of halogens is 3. The van der Waals surface area contributed by atoms with E-state index in [-0.39, 0.29) is 10.6 Å². The lowest BCUT2D eigenvalue weighted by Crippen LogP contribution is -2.39. The second-order valence-electron chi connectivity index (χ2n) is 7.94. The molecule has 0 fully saturated rings. The van der Waals surface area contributed by atoms with E-state index in [9.17, 15) is 26.4 Å². The average molecular weight is 534 g/mol. The number of unbranched alkanes of at least 4 members (excludes halogenated alkanes) is 1. The zero-order chi connectivity index (χ0) is 26.9.